The lowest BCUT2D eigenvalue weighted by Gasteiger charge is -2.39. The molecule has 1 N–H and O–H groups in total. The summed E-state index contributed by atoms with van der Waals surface area (Å²) < 4.78 is 31.8. The van der Waals surface area contributed by atoms with Gasteiger partial charge in [-0.3, -0.25) is 10.3 Å². The molecule has 1 aliphatic heterocycles. The summed E-state index contributed by atoms with van der Waals surface area (Å²) in [4.78, 5) is 17.5. The number of hydrogen-bond acceptors (Lipinski definition) is 4. The van der Waals surface area contributed by atoms with Gasteiger partial charge in [0.15, 0.2) is 0 Å². The van der Waals surface area contributed by atoms with Crippen molar-refractivity contribution < 1.29 is 18.3 Å². The number of methoxy groups -OCH3 is 1. The molecule has 0 saturated heterocycles. The van der Waals surface area contributed by atoms with Crippen LogP contribution in [0.25, 0.3) is 0 Å². The van der Waals surface area contributed by atoms with Crippen LogP contribution >= 0.6 is 0 Å². The van der Waals surface area contributed by atoms with E-state index < -0.39 is 29.3 Å². The number of alkyl carbamates (subject to hydrolysis) is 1. The van der Waals surface area contributed by atoms with Crippen molar-refractivity contribution in [1.82, 2.24) is 10.2 Å². The van der Waals surface area contributed by atoms with Crippen molar-refractivity contribution >= 4 is 12.1 Å². The van der Waals surface area contributed by atoms with Crippen LogP contribution in [0, 0.1) is 11.6 Å². The molecule has 0 bridgehead atoms. The Kier molecular flexibility index (Phi) is 4.35. The number of carbonyl (C=O) groups is 1. The Morgan fingerprint density at radius 2 is 2.09 bits per heavy atom. The number of benzene rings is 1. The topological polar surface area (TPSA) is 53.9 Å². The van der Waals surface area contributed by atoms with Gasteiger partial charge in [0, 0.05) is 17.2 Å². The molecule has 1 aromatic carbocycles. The van der Waals surface area contributed by atoms with Gasteiger partial charge in [0.25, 0.3) is 0 Å². The second kappa shape index (κ2) is 5.90. The van der Waals surface area contributed by atoms with Crippen LogP contribution in [0.15, 0.2) is 23.2 Å². The van der Waals surface area contributed by atoms with Crippen LogP contribution in [-0.2, 0) is 4.74 Å². The highest BCUT2D eigenvalue weighted by Gasteiger charge is 2.38. The first-order valence-corrected chi connectivity index (χ1v) is 6.87. The van der Waals surface area contributed by atoms with E-state index in [1.54, 1.807) is 4.90 Å². The number of nitrogens with zero attached hydrogens (tertiary/aromatic N) is 2. The highest BCUT2D eigenvalue weighted by atomic mass is 19.1. The van der Waals surface area contributed by atoms with Gasteiger partial charge >= 0.3 is 6.09 Å². The smallest absolute Gasteiger partial charge is 0.413 e. The molecule has 7 heteroatoms. The largest absolute Gasteiger partial charge is 0.453 e. The number of aliphatic imine (C=N–C) groups is 1. The van der Waals surface area contributed by atoms with Crippen LogP contribution in [0.5, 0.6) is 0 Å². The molecule has 0 aromatic heterocycles. The van der Waals surface area contributed by atoms with Crippen LogP contribution in [0.1, 0.15) is 32.4 Å². The van der Waals surface area contributed by atoms with E-state index in [1.807, 2.05) is 20.8 Å². The first-order valence-electron chi connectivity index (χ1n) is 6.87. The number of rotatable bonds is 1. The quantitative estimate of drug-likeness (QED) is 0.867. The van der Waals surface area contributed by atoms with Crippen molar-refractivity contribution in [3.05, 3.63) is 35.4 Å². The molecule has 0 spiro atoms. The Labute approximate surface area is 128 Å². The second-order valence-corrected chi connectivity index (χ2v) is 6.00. The number of hydrogen-bond donors (Lipinski definition) is 1. The zero-order chi connectivity index (χ0) is 16.5. The first-order chi connectivity index (χ1) is 10.2. The Bertz CT molecular complexity index is 611. The van der Waals surface area contributed by atoms with E-state index in [9.17, 15) is 13.6 Å². The highest BCUT2D eigenvalue weighted by molar-refractivity contribution is 5.95. The summed E-state index contributed by atoms with van der Waals surface area (Å²) >= 11 is 0. The molecule has 1 aromatic rings. The number of guanidine groups is 1. The van der Waals surface area contributed by atoms with Gasteiger partial charge in [-0.15, -0.1) is 0 Å². The minimum Gasteiger partial charge on any atom is -0.453 e. The standard InChI is InChI=1S/C15H19F2N3O2/c1-15(2,3)20-12(8-18-13(20)19-14(21)22-4)10-6-5-9(16)7-11(10)17/h5-7,12H,8H2,1-4H3,(H,18,19,21). The predicted molar refractivity (Wildman–Crippen MR) is 78.5 cm³/mol. The Hall–Kier alpha value is -2.18. The third-order valence-electron chi connectivity index (χ3n) is 3.40. The normalized spacial score (nSPS) is 18.2. The summed E-state index contributed by atoms with van der Waals surface area (Å²) in [5, 5.41) is 2.53. The Morgan fingerprint density at radius 3 is 2.64 bits per heavy atom. The van der Waals surface area contributed by atoms with Gasteiger partial charge in [0.05, 0.1) is 19.7 Å². The molecule has 120 valence electrons. The summed E-state index contributed by atoms with van der Waals surface area (Å²) in [5.41, 5.74) is -0.0938. The minimum absolute atomic E-state index is 0.263. The molecule has 0 saturated carbocycles. The van der Waals surface area contributed by atoms with Crippen molar-refractivity contribution in [2.75, 3.05) is 13.7 Å². The fourth-order valence-electron chi connectivity index (χ4n) is 2.51. The summed E-state index contributed by atoms with van der Waals surface area (Å²) in [6.07, 6.45) is -0.645. The first kappa shape index (κ1) is 16.2. The van der Waals surface area contributed by atoms with Crippen molar-refractivity contribution in [2.45, 2.75) is 32.4 Å². The van der Waals surface area contributed by atoms with Crippen LogP contribution in [0.3, 0.4) is 0 Å². The monoisotopic (exact) mass is 311 g/mol. The number of nitrogens with one attached hydrogen (secondary N) is 1. The highest BCUT2D eigenvalue weighted by Crippen LogP contribution is 2.34. The maximum absolute atomic E-state index is 14.1. The third-order valence-corrected chi connectivity index (χ3v) is 3.40. The third kappa shape index (κ3) is 3.18. The van der Waals surface area contributed by atoms with Gasteiger partial charge in [-0.25, -0.2) is 13.6 Å². The van der Waals surface area contributed by atoms with E-state index in [1.165, 1.54) is 19.2 Å². The van der Waals surface area contributed by atoms with E-state index in [0.717, 1.165) is 6.07 Å². The van der Waals surface area contributed by atoms with Gasteiger partial charge in [-0.2, -0.15) is 0 Å². The molecule has 1 heterocycles. The summed E-state index contributed by atoms with van der Waals surface area (Å²) in [5.74, 6) is -0.947. The fraction of sp³-hybridized carbons (Fsp3) is 0.467. The average molecular weight is 311 g/mol. The van der Waals surface area contributed by atoms with Gasteiger partial charge in [0.2, 0.25) is 5.96 Å². The van der Waals surface area contributed by atoms with Gasteiger partial charge < -0.3 is 9.64 Å². The van der Waals surface area contributed by atoms with Gasteiger partial charge in [-0.05, 0) is 26.8 Å². The van der Waals surface area contributed by atoms with Crippen molar-refractivity contribution in [3.8, 4) is 0 Å². The summed E-state index contributed by atoms with van der Waals surface area (Å²) in [7, 11) is 1.25. The molecule has 2 rings (SSSR count). The van der Waals surface area contributed by atoms with Gasteiger partial charge in [-0.1, -0.05) is 6.07 Å². The molecular formula is C15H19F2N3O2. The summed E-state index contributed by atoms with van der Waals surface area (Å²) in [6, 6.07) is 3.05. The number of carbonyl (C=O) groups excluding carboxylic acids is 1. The van der Waals surface area contributed by atoms with Crippen LogP contribution in [0.4, 0.5) is 13.6 Å². The molecule has 0 radical (unpaired) electrons. The maximum Gasteiger partial charge on any atom is 0.413 e. The number of ether oxygens (including phenoxy) is 1. The zero-order valence-corrected chi connectivity index (χ0v) is 13.0. The van der Waals surface area contributed by atoms with E-state index in [4.69, 9.17) is 0 Å². The maximum atomic E-state index is 14.1. The number of halogens is 2. The van der Waals surface area contributed by atoms with Crippen molar-refractivity contribution in [1.29, 1.82) is 0 Å². The molecule has 1 amide bonds. The van der Waals surface area contributed by atoms with Crippen molar-refractivity contribution in [2.24, 2.45) is 4.99 Å². The van der Waals surface area contributed by atoms with Crippen LogP contribution < -0.4 is 5.32 Å². The van der Waals surface area contributed by atoms with E-state index in [0.29, 0.717) is 11.5 Å². The lowest BCUT2D eigenvalue weighted by atomic mass is 9.99. The fourth-order valence-corrected chi connectivity index (χ4v) is 2.51. The Balaban J connectivity index is 2.35. The molecule has 1 atom stereocenters. The molecular weight excluding hydrogens is 292 g/mol. The minimum atomic E-state index is -0.645. The lowest BCUT2D eigenvalue weighted by molar-refractivity contribution is 0.166. The Morgan fingerprint density at radius 1 is 1.41 bits per heavy atom. The molecule has 1 unspecified atom stereocenters. The lowest BCUT2D eigenvalue weighted by Crippen LogP contribution is -2.51. The van der Waals surface area contributed by atoms with E-state index >= 15 is 0 Å². The molecule has 0 aliphatic carbocycles. The molecule has 0 fully saturated rings. The number of amides is 1. The van der Waals surface area contributed by atoms with Crippen molar-refractivity contribution in [3.63, 3.8) is 0 Å². The van der Waals surface area contributed by atoms with Crippen LogP contribution in [-0.4, -0.2) is 36.1 Å². The van der Waals surface area contributed by atoms with Gasteiger partial charge in [0.1, 0.15) is 11.6 Å². The zero-order valence-electron chi connectivity index (χ0n) is 13.0. The summed E-state index contributed by atoms with van der Waals surface area (Å²) in [6.45, 7) is 6.02. The SMILES string of the molecule is COC(=O)NC1=NCC(c2ccc(F)cc2F)N1C(C)(C)C. The van der Waals surface area contributed by atoms with E-state index in [2.05, 4.69) is 15.0 Å². The molecule has 1 aliphatic rings. The average Bonchev–Trinajstić information content (AvgIpc) is 2.82. The predicted octanol–water partition coefficient (Wildman–Crippen LogP) is 2.83. The second-order valence-electron chi connectivity index (χ2n) is 6.00. The van der Waals surface area contributed by atoms with E-state index in [-0.39, 0.29) is 6.54 Å². The van der Waals surface area contributed by atoms with Crippen LogP contribution in [0.2, 0.25) is 0 Å². The molecule has 5 nitrogen and oxygen atoms in total. The molecule has 22 heavy (non-hydrogen) atoms.